The normalized spacial score (nSPS) is 24.4. The number of urea groups is 1. The Kier molecular flexibility index (Phi) is 6.53. The van der Waals surface area contributed by atoms with Gasteiger partial charge in [0.2, 0.25) is 0 Å². The van der Waals surface area contributed by atoms with Crippen LogP contribution in [0.3, 0.4) is 0 Å². The van der Waals surface area contributed by atoms with Crippen LogP contribution >= 0.6 is 11.6 Å². The summed E-state index contributed by atoms with van der Waals surface area (Å²) in [5.74, 6) is 0.386. The van der Waals surface area contributed by atoms with Crippen molar-refractivity contribution in [2.75, 3.05) is 31.1 Å². The van der Waals surface area contributed by atoms with Gasteiger partial charge in [0.15, 0.2) is 5.69 Å². The summed E-state index contributed by atoms with van der Waals surface area (Å²) in [5.41, 5.74) is 0.550. The second-order valence-corrected chi connectivity index (χ2v) is 11.0. The van der Waals surface area contributed by atoms with Crippen LogP contribution in [-0.2, 0) is 12.7 Å². The maximum absolute atomic E-state index is 13.0. The number of benzene rings is 1. The highest BCUT2D eigenvalue weighted by atomic mass is 35.5. The maximum atomic E-state index is 13.0. The summed E-state index contributed by atoms with van der Waals surface area (Å²) in [5, 5.41) is 3.94. The molecule has 1 aromatic carbocycles. The van der Waals surface area contributed by atoms with Crippen LogP contribution in [0.25, 0.3) is 0 Å². The highest BCUT2D eigenvalue weighted by Crippen LogP contribution is 2.48. The first kappa shape index (κ1) is 25.1. The molecule has 0 bridgehead atoms. The Hall–Kier alpha value is -2.59. The number of amides is 2. The van der Waals surface area contributed by atoms with Gasteiger partial charge < -0.3 is 15.1 Å². The molecule has 2 saturated heterocycles. The number of carbonyl (C=O) groups excluding carboxylic acids is 1. The zero-order chi connectivity index (χ0) is 25.7. The van der Waals surface area contributed by atoms with Crippen molar-refractivity contribution in [3.8, 4) is 0 Å². The topological polar surface area (TPSA) is 64.6 Å². The summed E-state index contributed by atoms with van der Waals surface area (Å²) >= 11 is 5.96. The van der Waals surface area contributed by atoms with Gasteiger partial charge in [-0.2, -0.15) is 13.2 Å². The van der Waals surface area contributed by atoms with E-state index in [2.05, 4.69) is 32.3 Å². The van der Waals surface area contributed by atoms with Crippen molar-refractivity contribution in [3.63, 3.8) is 0 Å². The third-order valence-electron chi connectivity index (χ3n) is 7.59. The van der Waals surface area contributed by atoms with E-state index in [4.69, 9.17) is 11.6 Å². The van der Waals surface area contributed by atoms with Gasteiger partial charge in [-0.1, -0.05) is 23.7 Å². The monoisotopic (exact) mass is 522 g/mol. The molecule has 36 heavy (non-hydrogen) atoms. The summed E-state index contributed by atoms with van der Waals surface area (Å²) < 4.78 is 38.4. The molecule has 0 unspecified atom stereocenters. The molecule has 1 spiro atoms. The predicted octanol–water partition coefficient (Wildman–Crippen LogP) is 4.42. The van der Waals surface area contributed by atoms with Crippen LogP contribution in [0.1, 0.15) is 37.9 Å². The summed E-state index contributed by atoms with van der Waals surface area (Å²) in [4.78, 5) is 26.7. The number of piperazine rings is 1. The number of alkyl halides is 3. The Bertz CT molecular complexity index is 1080. The van der Waals surface area contributed by atoms with Crippen LogP contribution in [0.5, 0.6) is 0 Å². The number of anilines is 1. The molecule has 1 saturated carbocycles. The Balaban J connectivity index is 1.08. The molecule has 3 fully saturated rings. The molecule has 2 atom stereocenters. The number of hydrogen-bond donors (Lipinski definition) is 1. The zero-order valence-corrected chi connectivity index (χ0v) is 21.1. The molecule has 2 aliphatic heterocycles. The molecular formula is C25H30ClF3N6O. The molecule has 194 valence electrons. The molecule has 11 heteroatoms. The molecule has 3 aliphatic rings. The second kappa shape index (κ2) is 9.37. The van der Waals surface area contributed by atoms with Gasteiger partial charge in [-0.05, 0) is 49.8 Å². The smallest absolute Gasteiger partial charge is 0.349 e. The molecule has 5 rings (SSSR count). The number of rotatable bonds is 4. The Labute approximate surface area is 213 Å². The van der Waals surface area contributed by atoms with Crippen LogP contribution in [-0.4, -0.2) is 70.1 Å². The lowest BCUT2D eigenvalue weighted by Gasteiger charge is -2.59. The summed E-state index contributed by atoms with van der Waals surface area (Å²) in [6, 6.07) is 7.84. The lowest BCUT2D eigenvalue weighted by atomic mass is 9.60. The van der Waals surface area contributed by atoms with Gasteiger partial charge >= 0.3 is 12.2 Å². The number of aromatic nitrogens is 2. The highest BCUT2D eigenvalue weighted by Gasteiger charge is 2.52. The van der Waals surface area contributed by atoms with Gasteiger partial charge in [-0.25, -0.2) is 14.8 Å². The second-order valence-electron chi connectivity index (χ2n) is 10.6. The number of hydrogen-bond acceptors (Lipinski definition) is 5. The Morgan fingerprint density at radius 2 is 1.78 bits per heavy atom. The SMILES string of the molecule is C[C@@H]1CN(c2cnc(C(F)(F)F)cn2)[C@@H](C)CN1C(=O)NC1CC2(C1)CN(Cc1ccc(Cl)cc1)C2. The number of carbonyl (C=O) groups is 1. The van der Waals surface area contributed by atoms with Crippen LogP contribution < -0.4 is 10.2 Å². The third kappa shape index (κ3) is 5.11. The lowest BCUT2D eigenvalue weighted by Crippen LogP contribution is -2.68. The standard InChI is InChI=1S/C25H30ClF3N6O/c1-16-12-35(17(2)11-34(16)22-10-30-21(9-31-22)25(27,28)29)23(36)32-20-7-24(8-20)14-33(15-24)13-18-3-5-19(26)6-4-18/h3-6,9-10,16-17,20H,7-8,11-15H2,1-2H3,(H,32,36)/t16-,17+/m0/s1. The van der Waals surface area contributed by atoms with Crippen molar-refractivity contribution >= 4 is 23.4 Å². The van der Waals surface area contributed by atoms with E-state index in [9.17, 15) is 18.0 Å². The third-order valence-corrected chi connectivity index (χ3v) is 7.85. The fourth-order valence-corrected chi connectivity index (χ4v) is 5.94. The van der Waals surface area contributed by atoms with Gasteiger partial charge in [0.05, 0.1) is 12.4 Å². The number of likely N-dealkylation sites (tertiary alicyclic amines) is 1. The minimum atomic E-state index is -4.52. The first-order chi connectivity index (χ1) is 17.0. The van der Waals surface area contributed by atoms with Crippen molar-refractivity contribution in [1.29, 1.82) is 0 Å². The lowest BCUT2D eigenvalue weighted by molar-refractivity contribution is -0.141. The first-order valence-corrected chi connectivity index (χ1v) is 12.6. The van der Waals surface area contributed by atoms with Crippen LogP contribution in [0.4, 0.5) is 23.8 Å². The fraction of sp³-hybridized carbons (Fsp3) is 0.560. The maximum Gasteiger partial charge on any atom is 0.434 e. The average molecular weight is 523 g/mol. The number of halogens is 4. The van der Waals surface area contributed by atoms with Crippen molar-refractivity contribution in [2.24, 2.45) is 5.41 Å². The van der Waals surface area contributed by atoms with Gasteiger partial charge in [-0.15, -0.1) is 0 Å². The summed E-state index contributed by atoms with van der Waals surface area (Å²) in [6.07, 6.45) is -0.628. The highest BCUT2D eigenvalue weighted by molar-refractivity contribution is 6.30. The summed E-state index contributed by atoms with van der Waals surface area (Å²) in [7, 11) is 0. The molecule has 1 aromatic heterocycles. The van der Waals surface area contributed by atoms with Crippen molar-refractivity contribution < 1.29 is 18.0 Å². The van der Waals surface area contributed by atoms with E-state index < -0.39 is 11.9 Å². The van der Waals surface area contributed by atoms with Crippen LogP contribution in [0.2, 0.25) is 5.02 Å². The summed E-state index contributed by atoms with van der Waals surface area (Å²) in [6.45, 7) is 7.82. The minimum Gasteiger partial charge on any atom is -0.349 e. The molecule has 3 heterocycles. The Morgan fingerprint density at radius 3 is 2.39 bits per heavy atom. The molecule has 2 aromatic rings. The van der Waals surface area contributed by atoms with E-state index in [1.54, 1.807) is 0 Å². The Morgan fingerprint density at radius 1 is 1.08 bits per heavy atom. The van der Waals surface area contributed by atoms with Crippen LogP contribution in [0, 0.1) is 5.41 Å². The molecule has 1 aliphatic carbocycles. The van der Waals surface area contributed by atoms with E-state index in [0.29, 0.717) is 24.3 Å². The van der Waals surface area contributed by atoms with E-state index in [-0.39, 0.29) is 24.2 Å². The van der Waals surface area contributed by atoms with Gasteiger partial charge in [0.1, 0.15) is 5.82 Å². The van der Waals surface area contributed by atoms with Gasteiger partial charge in [-0.3, -0.25) is 4.90 Å². The fourth-order valence-electron chi connectivity index (χ4n) is 5.81. The molecule has 1 N–H and O–H groups in total. The van der Waals surface area contributed by atoms with E-state index in [0.717, 1.165) is 49.9 Å². The van der Waals surface area contributed by atoms with Crippen molar-refractivity contribution in [3.05, 3.63) is 52.9 Å². The zero-order valence-electron chi connectivity index (χ0n) is 20.3. The number of nitrogens with one attached hydrogen (secondary N) is 1. The first-order valence-electron chi connectivity index (χ1n) is 12.2. The minimum absolute atomic E-state index is 0.0790. The molecule has 2 amide bonds. The molecular weight excluding hydrogens is 493 g/mol. The van der Waals surface area contributed by atoms with Crippen molar-refractivity contribution in [1.82, 2.24) is 25.1 Å². The van der Waals surface area contributed by atoms with Gasteiger partial charge in [0.25, 0.3) is 0 Å². The largest absolute Gasteiger partial charge is 0.434 e. The quantitative estimate of drug-likeness (QED) is 0.644. The molecule has 0 radical (unpaired) electrons. The van der Waals surface area contributed by atoms with E-state index >= 15 is 0 Å². The molecule has 7 nitrogen and oxygen atoms in total. The number of nitrogens with zero attached hydrogens (tertiary/aromatic N) is 5. The van der Waals surface area contributed by atoms with E-state index in [1.165, 1.54) is 5.56 Å². The van der Waals surface area contributed by atoms with Crippen LogP contribution in [0.15, 0.2) is 36.7 Å². The predicted molar refractivity (Wildman–Crippen MR) is 131 cm³/mol. The van der Waals surface area contributed by atoms with Gasteiger partial charge in [0, 0.05) is 55.9 Å². The average Bonchev–Trinajstić information content (AvgIpc) is 2.78. The van der Waals surface area contributed by atoms with Crippen molar-refractivity contribution in [2.45, 2.75) is 57.5 Å². The van der Waals surface area contributed by atoms with E-state index in [1.807, 2.05) is 35.8 Å².